The van der Waals surface area contributed by atoms with Gasteiger partial charge in [0.1, 0.15) is 11.6 Å². The number of rotatable bonds is 2. The number of hydrogen-bond acceptors (Lipinski definition) is 3. The SMILES string of the molecule is Cc1ccc(F)cc1Oc1cc(Cl)nnc1Cl. The van der Waals surface area contributed by atoms with Crippen LogP contribution in [0, 0.1) is 12.7 Å². The third-order valence-corrected chi connectivity index (χ3v) is 2.50. The lowest BCUT2D eigenvalue weighted by atomic mass is 10.2. The summed E-state index contributed by atoms with van der Waals surface area (Å²) in [6.45, 7) is 1.79. The van der Waals surface area contributed by atoms with Gasteiger partial charge in [-0.15, -0.1) is 10.2 Å². The van der Waals surface area contributed by atoms with Crippen LogP contribution in [0.25, 0.3) is 0 Å². The molecular weight excluding hydrogens is 266 g/mol. The summed E-state index contributed by atoms with van der Waals surface area (Å²) in [5, 5.41) is 7.36. The maximum atomic E-state index is 13.1. The highest BCUT2D eigenvalue weighted by Gasteiger charge is 2.09. The molecule has 0 radical (unpaired) electrons. The Hall–Kier alpha value is -1.39. The average Bonchev–Trinajstić information content (AvgIpc) is 2.28. The molecule has 0 bridgehead atoms. The van der Waals surface area contributed by atoms with E-state index < -0.39 is 5.82 Å². The molecule has 2 aromatic rings. The maximum Gasteiger partial charge on any atom is 0.194 e. The number of aryl methyl sites for hydroxylation is 1. The van der Waals surface area contributed by atoms with Crippen LogP contribution in [-0.2, 0) is 0 Å². The minimum atomic E-state index is -0.394. The Morgan fingerprint density at radius 3 is 2.65 bits per heavy atom. The first-order valence-corrected chi connectivity index (χ1v) is 5.44. The smallest absolute Gasteiger partial charge is 0.194 e. The number of ether oxygens (including phenoxy) is 1. The van der Waals surface area contributed by atoms with Crippen LogP contribution in [-0.4, -0.2) is 10.2 Å². The van der Waals surface area contributed by atoms with Crippen molar-refractivity contribution in [2.45, 2.75) is 6.92 Å². The average molecular weight is 273 g/mol. The summed E-state index contributed by atoms with van der Waals surface area (Å²) >= 11 is 11.5. The molecule has 17 heavy (non-hydrogen) atoms. The molecule has 1 heterocycles. The quantitative estimate of drug-likeness (QED) is 0.828. The van der Waals surface area contributed by atoms with Gasteiger partial charge in [-0.05, 0) is 18.6 Å². The highest BCUT2D eigenvalue weighted by molar-refractivity contribution is 6.32. The topological polar surface area (TPSA) is 35.0 Å². The lowest BCUT2D eigenvalue weighted by molar-refractivity contribution is 0.469. The molecule has 1 aromatic carbocycles. The van der Waals surface area contributed by atoms with Crippen LogP contribution in [0.3, 0.4) is 0 Å². The third kappa shape index (κ3) is 2.84. The molecule has 88 valence electrons. The van der Waals surface area contributed by atoms with E-state index in [2.05, 4.69) is 10.2 Å². The summed E-state index contributed by atoms with van der Waals surface area (Å²) in [5.74, 6) is 0.200. The van der Waals surface area contributed by atoms with Gasteiger partial charge in [0.2, 0.25) is 0 Å². The van der Waals surface area contributed by atoms with E-state index >= 15 is 0 Å². The molecule has 0 N–H and O–H groups in total. The van der Waals surface area contributed by atoms with Gasteiger partial charge in [0.05, 0.1) is 0 Å². The first-order valence-electron chi connectivity index (χ1n) is 4.69. The van der Waals surface area contributed by atoms with Crippen LogP contribution >= 0.6 is 23.2 Å². The fourth-order valence-corrected chi connectivity index (χ4v) is 1.48. The summed E-state index contributed by atoms with van der Waals surface area (Å²) in [4.78, 5) is 0. The largest absolute Gasteiger partial charge is 0.454 e. The van der Waals surface area contributed by atoms with Gasteiger partial charge in [-0.3, -0.25) is 0 Å². The zero-order valence-corrected chi connectivity index (χ0v) is 10.3. The first kappa shape index (κ1) is 12.1. The Balaban J connectivity index is 2.37. The Bertz CT molecular complexity index is 514. The normalized spacial score (nSPS) is 10.4. The van der Waals surface area contributed by atoms with Gasteiger partial charge in [0.15, 0.2) is 16.1 Å². The van der Waals surface area contributed by atoms with Crippen molar-refractivity contribution in [2.24, 2.45) is 0 Å². The molecule has 0 saturated heterocycles. The predicted octanol–water partition coefficient (Wildman–Crippen LogP) is 4.02. The van der Waals surface area contributed by atoms with Gasteiger partial charge in [0, 0.05) is 12.1 Å². The lowest BCUT2D eigenvalue weighted by Gasteiger charge is -2.09. The van der Waals surface area contributed by atoms with Gasteiger partial charge in [-0.1, -0.05) is 29.3 Å². The van der Waals surface area contributed by atoms with Crippen LogP contribution in [0.15, 0.2) is 24.3 Å². The fourth-order valence-electron chi connectivity index (χ4n) is 1.21. The molecule has 0 aliphatic carbocycles. The minimum Gasteiger partial charge on any atom is -0.454 e. The lowest BCUT2D eigenvalue weighted by Crippen LogP contribution is -1.92. The molecule has 0 amide bonds. The van der Waals surface area contributed by atoms with Gasteiger partial charge in [-0.25, -0.2) is 4.39 Å². The van der Waals surface area contributed by atoms with E-state index in [1.807, 2.05) is 0 Å². The predicted molar refractivity (Wildman–Crippen MR) is 63.3 cm³/mol. The van der Waals surface area contributed by atoms with Crippen molar-refractivity contribution in [2.75, 3.05) is 0 Å². The van der Waals surface area contributed by atoms with E-state index in [9.17, 15) is 4.39 Å². The number of aromatic nitrogens is 2. The second-order valence-electron chi connectivity index (χ2n) is 3.33. The molecule has 2 rings (SSSR count). The minimum absolute atomic E-state index is 0.0676. The van der Waals surface area contributed by atoms with Crippen LogP contribution in [0.4, 0.5) is 4.39 Å². The monoisotopic (exact) mass is 272 g/mol. The zero-order valence-electron chi connectivity index (χ0n) is 8.75. The Morgan fingerprint density at radius 2 is 1.88 bits per heavy atom. The van der Waals surface area contributed by atoms with Crippen LogP contribution in [0.5, 0.6) is 11.5 Å². The van der Waals surface area contributed by atoms with Crippen LogP contribution in [0.2, 0.25) is 10.3 Å². The van der Waals surface area contributed by atoms with Gasteiger partial charge >= 0.3 is 0 Å². The maximum absolute atomic E-state index is 13.1. The second kappa shape index (κ2) is 4.85. The van der Waals surface area contributed by atoms with Crippen molar-refractivity contribution in [1.82, 2.24) is 10.2 Å². The van der Waals surface area contributed by atoms with Crippen molar-refractivity contribution >= 4 is 23.2 Å². The van der Waals surface area contributed by atoms with Crippen molar-refractivity contribution < 1.29 is 9.13 Å². The molecule has 3 nitrogen and oxygen atoms in total. The molecule has 0 unspecified atom stereocenters. The summed E-state index contributed by atoms with van der Waals surface area (Å²) in [6.07, 6.45) is 0. The fraction of sp³-hybridized carbons (Fsp3) is 0.0909. The van der Waals surface area contributed by atoms with Crippen LogP contribution in [0.1, 0.15) is 5.56 Å². The molecule has 1 aromatic heterocycles. The molecule has 6 heteroatoms. The van der Waals surface area contributed by atoms with E-state index in [0.717, 1.165) is 5.56 Å². The third-order valence-electron chi connectivity index (χ3n) is 2.06. The standard InChI is InChI=1S/C11H7Cl2FN2O/c1-6-2-3-7(14)4-8(6)17-9-5-10(12)15-16-11(9)13/h2-5H,1H3. The summed E-state index contributed by atoms with van der Waals surface area (Å²) in [5.41, 5.74) is 0.774. The second-order valence-corrected chi connectivity index (χ2v) is 4.08. The van der Waals surface area contributed by atoms with Crippen molar-refractivity contribution in [1.29, 1.82) is 0 Å². The summed E-state index contributed by atoms with van der Waals surface area (Å²) in [6, 6.07) is 5.64. The highest BCUT2D eigenvalue weighted by atomic mass is 35.5. The summed E-state index contributed by atoms with van der Waals surface area (Å²) in [7, 11) is 0. The number of halogens is 3. The van der Waals surface area contributed by atoms with E-state index in [1.165, 1.54) is 18.2 Å². The van der Waals surface area contributed by atoms with E-state index in [4.69, 9.17) is 27.9 Å². The van der Waals surface area contributed by atoms with Gasteiger partial charge in [0.25, 0.3) is 0 Å². The zero-order chi connectivity index (χ0) is 12.4. The molecule has 0 saturated carbocycles. The van der Waals surface area contributed by atoms with Crippen molar-refractivity contribution in [3.63, 3.8) is 0 Å². The van der Waals surface area contributed by atoms with Gasteiger partial charge < -0.3 is 4.74 Å². The summed E-state index contributed by atoms with van der Waals surface area (Å²) < 4.78 is 18.5. The van der Waals surface area contributed by atoms with E-state index in [-0.39, 0.29) is 16.1 Å². The number of nitrogens with zero attached hydrogens (tertiary/aromatic N) is 2. The molecule has 0 aliphatic heterocycles. The highest BCUT2D eigenvalue weighted by Crippen LogP contribution is 2.31. The van der Waals surface area contributed by atoms with E-state index in [1.54, 1.807) is 13.0 Å². The van der Waals surface area contributed by atoms with Crippen molar-refractivity contribution in [3.05, 3.63) is 46.0 Å². The van der Waals surface area contributed by atoms with Crippen molar-refractivity contribution in [3.8, 4) is 11.5 Å². The Kier molecular flexibility index (Phi) is 3.45. The molecule has 0 spiro atoms. The van der Waals surface area contributed by atoms with E-state index in [0.29, 0.717) is 5.75 Å². The molecule has 0 atom stereocenters. The molecular formula is C11H7Cl2FN2O. The van der Waals surface area contributed by atoms with Crippen LogP contribution < -0.4 is 4.74 Å². The Morgan fingerprint density at radius 1 is 1.12 bits per heavy atom. The molecule has 0 fully saturated rings. The number of benzene rings is 1. The number of hydrogen-bond donors (Lipinski definition) is 0. The molecule has 0 aliphatic rings. The van der Waals surface area contributed by atoms with Gasteiger partial charge in [-0.2, -0.15) is 0 Å². The first-order chi connectivity index (χ1) is 8.06. The Labute approximate surface area is 107 Å².